The van der Waals surface area contributed by atoms with Crippen LogP contribution < -0.4 is 0 Å². The third-order valence-corrected chi connectivity index (χ3v) is 8.72. The predicted molar refractivity (Wildman–Crippen MR) is 125 cm³/mol. The van der Waals surface area contributed by atoms with Crippen LogP contribution in [0.3, 0.4) is 0 Å². The zero-order valence-electron chi connectivity index (χ0n) is 15.4. The fourth-order valence-corrected chi connectivity index (χ4v) is 6.81. The monoisotopic (exact) mass is 466 g/mol. The summed E-state index contributed by atoms with van der Waals surface area (Å²) in [6.45, 7) is 2.29. The topological polar surface area (TPSA) is 0 Å². The molecule has 26 heavy (non-hydrogen) atoms. The highest BCUT2D eigenvalue weighted by molar-refractivity contribution is 9.11. The summed E-state index contributed by atoms with van der Waals surface area (Å²) in [5.74, 6) is 0. The van der Waals surface area contributed by atoms with Gasteiger partial charge in [0.25, 0.3) is 0 Å². The van der Waals surface area contributed by atoms with Crippen molar-refractivity contribution in [2.45, 2.75) is 64.7 Å². The highest BCUT2D eigenvalue weighted by Crippen LogP contribution is 2.43. The molecule has 3 aromatic rings. The van der Waals surface area contributed by atoms with E-state index in [-0.39, 0.29) is 0 Å². The molecule has 0 aliphatic heterocycles. The molecule has 0 saturated carbocycles. The van der Waals surface area contributed by atoms with Crippen molar-refractivity contribution in [1.29, 1.82) is 0 Å². The van der Waals surface area contributed by atoms with Gasteiger partial charge in [-0.15, -0.1) is 34.0 Å². The number of hydrogen-bond acceptors (Lipinski definition) is 3. The number of rotatable bonds is 11. The summed E-state index contributed by atoms with van der Waals surface area (Å²) in [6.07, 6.45) is 12.3. The lowest BCUT2D eigenvalue weighted by Crippen LogP contribution is -1.86. The number of hydrogen-bond donors (Lipinski definition) is 0. The molecule has 3 rings (SSSR count). The fraction of sp³-hybridized carbons (Fsp3) is 0.455. The first-order chi connectivity index (χ1) is 12.8. The average Bonchev–Trinajstić information content (AvgIpc) is 3.37. The Morgan fingerprint density at radius 1 is 0.808 bits per heavy atom. The van der Waals surface area contributed by atoms with E-state index < -0.39 is 0 Å². The van der Waals surface area contributed by atoms with Crippen LogP contribution in [-0.2, 0) is 6.42 Å². The molecule has 0 aliphatic carbocycles. The Morgan fingerprint density at radius 3 is 2.23 bits per heavy atom. The molecule has 0 atom stereocenters. The number of thiophene rings is 3. The van der Waals surface area contributed by atoms with Crippen molar-refractivity contribution in [3.8, 4) is 19.5 Å². The first-order valence-corrected chi connectivity index (χ1v) is 13.0. The molecule has 4 heteroatoms. The van der Waals surface area contributed by atoms with Gasteiger partial charge < -0.3 is 0 Å². The molecule has 0 nitrogen and oxygen atoms in total. The van der Waals surface area contributed by atoms with Crippen LogP contribution in [0.15, 0.2) is 39.5 Å². The third-order valence-electron chi connectivity index (χ3n) is 4.67. The van der Waals surface area contributed by atoms with E-state index in [2.05, 4.69) is 58.6 Å². The molecule has 0 amide bonds. The summed E-state index contributed by atoms with van der Waals surface area (Å²) in [5, 5.41) is 2.19. The van der Waals surface area contributed by atoms with E-state index in [1.165, 1.54) is 81.1 Å². The van der Waals surface area contributed by atoms with Gasteiger partial charge >= 0.3 is 0 Å². The Balaban J connectivity index is 1.59. The highest BCUT2D eigenvalue weighted by atomic mass is 79.9. The van der Waals surface area contributed by atoms with Crippen LogP contribution in [0.4, 0.5) is 0 Å². The maximum Gasteiger partial charge on any atom is 0.0705 e. The van der Waals surface area contributed by atoms with E-state index in [9.17, 15) is 0 Å². The number of unbranched alkanes of at least 4 members (excludes halogenated alkanes) is 7. The van der Waals surface area contributed by atoms with E-state index in [4.69, 9.17) is 0 Å². The second-order valence-corrected chi connectivity index (χ2v) is 11.2. The maximum atomic E-state index is 3.60. The molecule has 0 unspecified atom stereocenters. The van der Waals surface area contributed by atoms with Gasteiger partial charge in [-0.05, 0) is 64.0 Å². The van der Waals surface area contributed by atoms with Gasteiger partial charge in [0.05, 0.1) is 3.79 Å². The van der Waals surface area contributed by atoms with Crippen molar-refractivity contribution in [1.82, 2.24) is 0 Å². The average molecular weight is 468 g/mol. The van der Waals surface area contributed by atoms with Crippen molar-refractivity contribution < 1.29 is 0 Å². The van der Waals surface area contributed by atoms with Gasteiger partial charge in [0.1, 0.15) is 0 Å². The molecule has 0 radical (unpaired) electrons. The van der Waals surface area contributed by atoms with Crippen molar-refractivity contribution in [2.24, 2.45) is 0 Å². The molecule has 140 valence electrons. The maximum absolute atomic E-state index is 3.60. The molecule has 0 aliphatic rings. The summed E-state index contributed by atoms with van der Waals surface area (Å²) in [5.41, 5.74) is 1.54. The van der Waals surface area contributed by atoms with Crippen molar-refractivity contribution in [2.75, 3.05) is 0 Å². The normalized spacial score (nSPS) is 11.3. The second kappa shape index (κ2) is 10.8. The third kappa shape index (κ3) is 5.79. The molecule has 3 heterocycles. The lowest BCUT2D eigenvalue weighted by molar-refractivity contribution is 0.576. The summed E-state index contributed by atoms with van der Waals surface area (Å²) in [7, 11) is 0. The SMILES string of the molecule is CCCCCCCCCCc1cc(-c2ccc(Br)s2)sc1-c1cccs1. The Morgan fingerprint density at radius 2 is 1.58 bits per heavy atom. The molecular formula is C22H27BrS3. The van der Waals surface area contributed by atoms with Gasteiger partial charge in [-0.3, -0.25) is 0 Å². The zero-order valence-corrected chi connectivity index (χ0v) is 19.5. The summed E-state index contributed by atoms with van der Waals surface area (Å²) in [6, 6.07) is 11.3. The van der Waals surface area contributed by atoms with Crippen LogP contribution in [0, 0.1) is 0 Å². The first-order valence-electron chi connectivity index (χ1n) is 9.70. The molecule has 0 bridgehead atoms. The molecule has 0 spiro atoms. The van der Waals surface area contributed by atoms with Crippen molar-refractivity contribution >= 4 is 49.9 Å². The standard InChI is InChI=1S/C22H27BrS3/c1-2-3-4-5-6-7-8-9-11-17-16-20(18-13-14-21(23)25-18)26-22(17)19-12-10-15-24-19/h10,12-16H,2-9,11H2,1H3. The minimum atomic E-state index is 1.21. The molecule has 0 fully saturated rings. The smallest absolute Gasteiger partial charge is 0.0705 e. The van der Waals surface area contributed by atoms with Crippen LogP contribution in [0.2, 0.25) is 0 Å². The molecule has 3 aromatic heterocycles. The lowest BCUT2D eigenvalue weighted by atomic mass is 10.0. The quantitative estimate of drug-likeness (QED) is 0.246. The summed E-state index contributed by atoms with van der Waals surface area (Å²) in [4.78, 5) is 5.70. The van der Waals surface area contributed by atoms with Crippen LogP contribution >= 0.6 is 49.9 Å². The zero-order chi connectivity index (χ0) is 18.2. The minimum Gasteiger partial charge on any atom is -0.143 e. The molecular weight excluding hydrogens is 440 g/mol. The van der Waals surface area contributed by atoms with Gasteiger partial charge in [0.2, 0.25) is 0 Å². The molecule has 0 N–H and O–H groups in total. The van der Waals surface area contributed by atoms with Gasteiger partial charge in [-0.2, -0.15) is 0 Å². The van der Waals surface area contributed by atoms with E-state index >= 15 is 0 Å². The van der Waals surface area contributed by atoms with E-state index in [0.29, 0.717) is 0 Å². The van der Waals surface area contributed by atoms with Crippen LogP contribution in [0.1, 0.15) is 63.9 Å². The van der Waals surface area contributed by atoms with Gasteiger partial charge in [0.15, 0.2) is 0 Å². The number of halogens is 1. The van der Waals surface area contributed by atoms with Gasteiger partial charge in [0, 0.05) is 19.5 Å². The molecule has 0 aromatic carbocycles. The highest BCUT2D eigenvalue weighted by Gasteiger charge is 2.14. The second-order valence-electron chi connectivity index (χ2n) is 6.77. The van der Waals surface area contributed by atoms with E-state index in [1.54, 1.807) is 5.56 Å². The van der Waals surface area contributed by atoms with Crippen LogP contribution in [-0.4, -0.2) is 0 Å². The summed E-state index contributed by atoms with van der Waals surface area (Å²) < 4.78 is 1.21. The van der Waals surface area contributed by atoms with Gasteiger partial charge in [-0.1, -0.05) is 57.9 Å². The molecule has 0 saturated heterocycles. The predicted octanol–water partition coefficient (Wildman–Crippen LogP) is 9.65. The Hall–Kier alpha value is -0.420. The number of aryl methyl sites for hydroxylation is 1. The van der Waals surface area contributed by atoms with Crippen LogP contribution in [0.5, 0.6) is 0 Å². The Labute approximate surface area is 178 Å². The van der Waals surface area contributed by atoms with E-state index in [1.807, 2.05) is 34.0 Å². The van der Waals surface area contributed by atoms with Crippen LogP contribution in [0.25, 0.3) is 19.5 Å². The van der Waals surface area contributed by atoms with Crippen molar-refractivity contribution in [3.63, 3.8) is 0 Å². The van der Waals surface area contributed by atoms with Gasteiger partial charge in [-0.25, -0.2) is 0 Å². The fourth-order valence-electron chi connectivity index (χ4n) is 3.25. The lowest BCUT2D eigenvalue weighted by Gasteiger charge is -2.03. The minimum absolute atomic E-state index is 1.21. The Kier molecular flexibility index (Phi) is 8.44. The largest absolute Gasteiger partial charge is 0.143 e. The van der Waals surface area contributed by atoms with E-state index in [0.717, 1.165) is 0 Å². The summed E-state index contributed by atoms with van der Waals surface area (Å²) >= 11 is 9.26. The van der Waals surface area contributed by atoms with Crippen molar-refractivity contribution in [3.05, 3.63) is 45.1 Å². The Bertz CT molecular complexity index is 767. The first kappa shape index (κ1) is 20.3.